The van der Waals surface area contributed by atoms with Crippen molar-refractivity contribution in [1.29, 1.82) is 0 Å². The number of hydrogen-bond donors (Lipinski definition) is 1. The summed E-state index contributed by atoms with van der Waals surface area (Å²) in [5.41, 5.74) is 0.0875. The molecule has 2 aliphatic rings. The Morgan fingerprint density at radius 3 is 2.18 bits per heavy atom. The van der Waals surface area contributed by atoms with Gasteiger partial charge in [-0.25, -0.2) is 12.7 Å². The Kier molecular flexibility index (Phi) is 3.54. The molecule has 0 saturated carbocycles. The molecule has 0 bridgehead atoms. The van der Waals surface area contributed by atoms with Crippen LogP contribution in [0.1, 0.15) is 27.2 Å². The van der Waals surface area contributed by atoms with Gasteiger partial charge in [-0.15, -0.1) is 0 Å². The van der Waals surface area contributed by atoms with Crippen LogP contribution in [0, 0.1) is 17.3 Å². The van der Waals surface area contributed by atoms with Crippen molar-refractivity contribution in [2.75, 3.05) is 31.9 Å². The molecular weight excluding hydrogens is 236 g/mol. The monoisotopic (exact) mass is 260 g/mol. The summed E-state index contributed by atoms with van der Waals surface area (Å²) in [5.74, 6) is 1.38. The molecule has 2 rings (SSSR count). The van der Waals surface area contributed by atoms with Crippen LogP contribution < -0.4 is 5.32 Å². The largest absolute Gasteiger partial charge is 0.316 e. The van der Waals surface area contributed by atoms with Crippen molar-refractivity contribution in [3.63, 3.8) is 0 Å². The van der Waals surface area contributed by atoms with Gasteiger partial charge in [-0.05, 0) is 36.8 Å². The van der Waals surface area contributed by atoms with Crippen molar-refractivity contribution in [1.82, 2.24) is 9.62 Å². The van der Waals surface area contributed by atoms with Crippen LogP contribution in [-0.2, 0) is 10.0 Å². The van der Waals surface area contributed by atoms with E-state index < -0.39 is 10.0 Å². The number of fused-ring (bicyclic) bond motifs is 1. The third-order valence-electron chi connectivity index (χ3n) is 3.86. The third-order valence-corrected chi connectivity index (χ3v) is 5.66. The third kappa shape index (κ3) is 3.20. The maximum absolute atomic E-state index is 12.2. The highest BCUT2D eigenvalue weighted by Crippen LogP contribution is 2.29. The highest BCUT2D eigenvalue weighted by molar-refractivity contribution is 7.89. The minimum atomic E-state index is -3.03. The van der Waals surface area contributed by atoms with Crippen LogP contribution in [0.2, 0.25) is 0 Å². The maximum Gasteiger partial charge on any atom is 0.214 e. The molecule has 5 heteroatoms. The van der Waals surface area contributed by atoms with Crippen molar-refractivity contribution in [2.45, 2.75) is 27.2 Å². The predicted octanol–water partition coefficient (Wildman–Crippen LogP) is 0.904. The van der Waals surface area contributed by atoms with Crippen molar-refractivity contribution >= 4 is 10.0 Å². The van der Waals surface area contributed by atoms with Gasteiger partial charge in [-0.2, -0.15) is 0 Å². The summed E-state index contributed by atoms with van der Waals surface area (Å²) in [5, 5.41) is 3.33. The molecule has 2 fully saturated rings. The number of hydrogen-bond acceptors (Lipinski definition) is 3. The van der Waals surface area contributed by atoms with Crippen molar-refractivity contribution in [2.24, 2.45) is 17.3 Å². The SMILES string of the molecule is CC(C)(C)CCS(=O)(=O)N1C[C@H]2CNC[C@H]2C1. The van der Waals surface area contributed by atoms with Gasteiger partial charge in [0, 0.05) is 13.1 Å². The van der Waals surface area contributed by atoms with E-state index in [1.54, 1.807) is 4.31 Å². The van der Waals surface area contributed by atoms with E-state index in [1.807, 2.05) is 0 Å². The van der Waals surface area contributed by atoms with Gasteiger partial charge in [-0.3, -0.25) is 0 Å². The maximum atomic E-state index is 12.2. The fourth-order valence-corrected chi connectivity index (χ4v) is 4.57. The Bertz CT molecular complexity index is 360. The fourth-order valence-electron chi connectivity index (χ4n) is 2.60. The molecule has 0 aromatic carbocycles. The van der Waals surface area contributed by atoms with Crippen LogP contribution in [-0.4, -0.2) is 44.7 Å². The van der Waals surface area contributed by atoms with Gasteiger partial charge in [0.15, 0.2) is 0 Å². The van der Waals surface area contributed by atoms with Crippen LogP contribution >= 0.6 is 0 Å². The molecule has 0 spiro atoms. The first-order chi connectivity index (χ1) is 7.78. The molecule has 2 atom stereocenters. The summed E-state index contributed by atoms with van der Waals surface area (Å²) < 4.78 is 26.1. The molecular formula is C12H24N2O2S. The summed E-state index contributed by atoms with van der Waals surface area (Å²) in [6.07, 6.45) is 0.736. The topological polar surface area (TPSA) is 49.4 Å². The predicted molar refractivity (Wildman–Crippen MR) is 69.3 cm³/mol. The van der Waals surface area contributed by atoms with E-state index in [0.717, 1.165) is 32.6 Å². The molecule has 100 valence electrons. The van der Waals surface area contributed by atoms with Gasteiger partial charge in [-0.1, -0.05) is 20.8 Å². The molecule has 0 aliphatic carbocycles. The average molecular weight is 260 g/mol. The number of sulfonamides is 1. The molecule has 17 heavy (non-hydrogen) atoms. The molecule has 2 saturated heterocycles. The molecule has 0 amide bonds. The van der Waals surface area contributed by atoms with E-state index in [-0.39, 0.29) is 5.41 Å². The van der Waals surface area contributed by atoms with Gasteiger partial charge in [0.05, 0.1) is 5.75 Å². The van der Waals surface area contributed by atoms with E-state index in [4.69, 9.17) is 0 Å². The Balaban J connectivity index is 1.93. The molecule has 2 heterocycles. The molecule has 4 nitrogen and oxygen atoms in total. The second-order valence-electron chi connectivity index (χ2n) is 6.62. The van der Waals surface area contributed by atoms with Gasteiger partial charge < -0.3 is 5.32 Å². The van der Waals surface area contributed by atoms with Gasteiger partial charge in [0.25, 0.3) is 0 Å². The number of nitrogens with zero attached hydrogens (tertiary/aromatic N) is 1. The summed E-state index contributed by atoms with van der Waals surface area (Å²) in [6.45, 7) is 9.68. The molecule has 0 unspecified atom stereocenters. The Morgan fingerprint density at radius 1 is 1.18 bits per heavy atom. The fraction of sp³-hybridized carbons (Fsp3) is 1.00. The van der Waals surface area contributed by atoms with E-state index in [9.17, 15) is 8.42 Å². The normalized spacial score (nSPS) is 30.8. The molecule has 2 aliphatic heterocycles. The van der Waals surface area contributed by atoms with Gasteiger partial charge >= 0.3 is 0 Å². The lowest BCUT2D eigenvalue weighted by molar-refractivity contribution is 0.386. The number of nitrogens with one attached hydrogen (secondary N) is 1. The minimum absolute atomic E-state index is 0.0875. The van der Waals surface area contributed by atoms with E-state index in [1.165, 1.54) is 0 Å². The van der Waals surface area contributed by atoms with Crippen molar-refractivity contribution in [3.05, 3.63) is 0 Å². The van der Waals surface area contributed by atoms with Gasteiger partial charge in [0.1, 0.15) is 0 Å². The van der Waals surface area contributed by atoms with Crippen LogP contribution in [0.15, 0.2) is 0 Å². The quantitative estimate of drug-likeness (QED) is 0.820. The number of rotatable bonds is 3. The summed E-state index contributed by atoms with van der Waals surface area (Å²) in [7, 11) is -3.03. The lowest BCUT2D eigenvalue weighted by atomic mass is 9.94. The van der Waals surface area contributed by atoms with Crippen LogP contribution in [0.3, 0.4) is 0 Å². The smallest absolute Gasteiger partial charge is 0.214 e. The van der Waals surface area contributed by atoms with E-state index >= 15 is 0 Å². The second-order valence-corrected chi connectivity index (χ2v) is 8.71. The van der Waals surface area contributed by atoms with E-state index in [2.05, 4.69) is 26.1 Å². The molecule has 0 aromatic rings. The first kappa shape index (κ1) is 13.3. The first-order valence-corrected chi connectivity index (χ1v) is 8.07. The highest BCUT2D eigenvalue weighted by atomic mass is 32.2. The molecule has 0 aromatic heterocycles. The zero-order valence-corrected chi connectivity index (χ0v) is 11.9. The standard InChI is InChI=1S/C12H24N2O2S/c1-12(2,3)4-5-17(15,16)14-8-10-6-13-7-11(10)9-14/h10-11,13H,4-9H2,1-3H3/t10-,11+. The zero-order valence-electron chi connectivity index (χ0n) is 11.1. The average Bonchev–Trinajstić information content (AvgIpc) is 2.72. The Morgan fingerprint density at radius 2 is 1.71 bits per heavy atom. The molecule has 1 N–H and O–H groups in total. The molecule has 0 radical (unpaired) electrons. The van der Waals surface area contributed by atoms with Gasteiger partial charge in [0.2, 0.25) is 10.0 Å². The van der Waals surface area contributed by atoms with Crippen LogP contribution in [0.5, 0.6) is 0 Å². The lowest BCUT2D eigenvalue weighted by Gasteiger charge is -2.22. The van der Waals surface area contributed by atoms with Crippen molar-refractivity contribution in [3.8, 4) is 0 Å². The zero-order chi connectivity index (χ0) is 12.7. The summed E-state index contributed by atoms with van der Waals surface area (Å²) in [6, 6.07) is 0. The van der Waals surface area contributed by atoms with E-state index in [0.29, 0.717) is 17.6 Å². The summed E-state index contributed by atoms with van der Waals surface area (Å²) in [4.78, 5) is 0. The second kappa shape index (κ2) is 4.52. The van der Waals surface area contributed by atoms with Crippen molar-refractivity contribution < 1.29 is 8.42 Å². The lowest BCUT2D eigenvalue weighted by Crippen LogP contribution is -2.34. The Labute approximate surface area is 105 Å². The highest BCUT2D eigenvalue weighted by Gasteiger charge is 2.40. The summed E-state index contributed by atoms with van der Waals surface area (Å²) >= 11 is 0. The first-order valence-electron chi connectivity index (χ1n) is 6.46. The minimum Gasteiger partial charge on any atom is -0.316 e. The van der Waals surface area contributed by atoms with Crippen LogP contribution in [0.25, 0.3) is 0 Å². The Hall–Kier alpha value is -0.130. The van der Waals surface area contributed by atoms with Crippen LogP contribution in [0.4, 0.5) is 0 Å².